The molecule has 5 rings (SSSR count). The Balaban J connectivity index is 1.35. The number of carbonyl (C=O) groups excluding carboxylic acids is 2. The number of hydrogen-bond acceptors (Lipinski definition) is 6. The molecule has 1 amide bonds. The molecule has 2 aliphatic heterocycles. The molecule has 1 N–H and O–H groups in total. The Morgan fingerprint density at radius 3 is 2.61 bits per heavy atom. The number of rotatable bonds is 4. The minimum absolute atomic E-state index is 0.235. The highest BCUT2D eigenvalue weighted by Crippen LogP contribution is 2.27. The predicted octanol–water partition coefficient (Wildman–Crippen LogP) is 3.12. The van der Waals surface area contributed by atoms with Crippen molar-refractivity contribution in [1.29, 1.82) is 5.26 Å². The lowest BCUT2D eigenvalue weighted by Crippen LogP contribution is -2.40. The second-order valence-corrected chi connectivity index (χ2v) is 7.90. The van der Waals surface area contributed by atoms with E-state index in [1.807, 2.05) is 30.3 Å². The standard InChI is InChI=1S/C25H21N5O3/c26-14-19(16-4-2-1-3-5-16)17-7-11-30(12-8-17)25(32)23(31)20-15-29-21-18(6-9-27-22(20)21)24-28-10-13-33-24/h1-6,9,15,29H,7-8,10-13H2. The third kappa shape index (κ3) is 3.78. The quantitative estimate of drug-likeness (QED) is 0.381. The van der Waals surface area contributed by atoms with Crippen molar-refractivity contribution in [3.8, 4) is 6.07 Å². The van der Waals surface area contributed by atoms with E-state index in [1.165, 1.54) is 6.20 Å². The molecule has 8 nitrogen and oxygen atoms in total. The molecule has 1 saturated heterocycles. The monoisotopic (exact) mass is 439 g/mol. The highest BCUT2D eigenvalue weighted by Gasteiger charge is 2.29. The number of benzene rings is 1. The number of allylic oxidation sites excluding steroid dienone is 1. The number of nitrogens with zero attached hydrogens (tertiary/aromatic N) is 4. The van der Waals surface area contributed by atoms with Crippen molar-refractivity contribution in [1.82, 2.24) is 14.9 Å². The van der Waals surface area contributed by atoms with Gasteiger partial charge in [0.05, 0.1) is 34.8 Å². The average Bonchev–Trinajstić information content (AvgIpc) is 3.55. The van der Waals surface area contributed by atoms with E-state index in [9.17, 15) is 14.9 Å². The summed E-state index contributed by atoms with van der Waals surface area (Å²) in [7, 11) is 0. The van der Waals surface area contributed by atoms with E-state index in [1.54, 1.807) is 17.2 Å². The number of H-pyrrole nitrogens is 1. The topological polar surface area (TPSA) is 111 Å². The number of piperidine rings is 1. The van der Waals surface area contributed by atoms with Crippen LogP contribution >= 0.6 is 0 Å². The molecule has 0 aliphatic carbocycles. The number of ether oxygens (including phenoxy) is 1. The molecule has 4 heterocycles. The van der Waals surface area contributed by atoms with Gasteiger partial charge in [0.1, 0.15) is 12.1 Å². The van der Waals surface area contributed by atoms with Gasteiger partial charge in [0.2, 0.25) is 5.90 Å². The fraction of sp³-hybridized carbons (Fsp3) is 0.240. The van der Waals surface area contributed by atoms with Crippen molar-refractivity contribution >= 4 is 34.2 Å². The van der Waals surface area contributed by atoms with Crippen molar-refractivity contribution in [3.05, 3.63) is 71.1 Å². The maximum atomic E-state index is 13.1. The number of nitrogens with one attached hydrogen (secondary N) is 1. The summed E-state index contributed by atoms with van der Waals surface area (Å²) in [6.07, 6.45) is 4.23. The fourth-order valence-corrected chi connectivity index (χ4v) is 4.32. The van der Waals surface area contributed by atoms with E-state index in [2.05, 4.69) is 21.0 Å². The lowest BCUT2D eigenvalue weighted by molar-refractivity contribution is -0.126. The van der Waals surface area contributed by atoms with Crippen LogP contribution in [0.1, 0.15) is 34.3 Å². The second kappa shape index (κ2) is 8.71. The van der Waals surface area contributed by atoms with E-state index < -0.39 is 11.7 Å². The molecule has 33 heavy (non-hydrogen) atoms. The molecule has 2 aliphatic rings. The number of aliphatic imine (C=N–C) groups is 1. The van der Waals surface area contributed by atoms with Crippen LogP contribution in [-0.2, 0) is 9.53 Å². The molecule has 0 atom stereocenters. The van der Waals surface area contributed by atoms with E-state index in [4.69, 9.17) is 4.74 Å². The van der Waals surface area contributed by atoms with Crippen molar-refractivity contribution < 1.29 is 14.3 Å². The number of likely N-dealkylation sites (tertiary alicyclic amines) is 1. The average molecular weight is 439 g/mol. The molecule has 1 fully saturated rings. The molecular formula is C25H21N5O3. The van der Waals surface area contributed by atoms with E-state index >= 15 is 0 Å². The van der Waals surface area contributed by atoms with Crippen LogP contribution in [0.5, 0.6) is 0 Å². The van der Waals surface area contributed by atoms with Gasteiger partial charge < -0.3 is 14.6 Å². The summed E-state index contributed by atoms with van der Waals surface area (Å²) in [5, 5.41) is 9.65. The second-order valence-electron chi connectivity index (χ2n) is 7.90. The molecule has 0 radical (unpaired) electrons. The molecule has 164 valence electrons. The number of pyridine rings is 1. The normalized spacial score (nSPS) is 15.7. The Labute approximate surface area is 190 Å². The number of aromatic nitrogens is 2. The first-order chi connectivity index (χ1) is 16.2. The Morgan fingerprint density at radius 1 is 1.12 bits per heavy atom. The molecule has 0 saturated carbocycles. The molecule has 2 aromatic heterocycles. The predicted molar refractivity (Wildman–Crippen MR) is 123 cm³/mol. The van der Waals surface area contributed by atoms with Crippen LogP contribution in [0.25, 0.3) is 16.6 Å². The molecule has 1 aromatic carbocycles. The van der Waals surface area contributed by atoms with Crippen LogP contribution in [0.3, 0.4) is 0 Å². The number of ketones is 1. The first-order valence-corrected chi connectivity index (χ1v) is 10.8. The summed E-state index contributed by atoms with van der Waals surface area (Å²) in [5.41, 5.74) is 4.55. The Bertz CT molecular complexity index is 1340. The van der Waals surface area contributed by atoms with Gasteiger partial charge in [-0.1, -0.05) is 30.3 Å². The number of Topliss-reactive ketones (excluding diaryl/α,β-unsaturated/α-hetero) is 1. The Morgan fingerprint density at radius 2 is 1.91 bits per heavy atom. The summed E-state index contributed by atoms with van der Waals surface area (Å²) in [6, 6.07) is 13.6. The first kappa shape index (κ1) is 20.6. The van der Waals surface area contributed by atoms with Crippen molar-refractivity contribution in [2.75, 3.05) is 26.2 Å². The molecule has 0 spiro atoms. The number of fused-ring (bicyclic) bond motifs is 1. The largest absolute Gasteiger partial charge is 0.475 e. The van der Waals surface area contributed by atoms with Gasteiger partial charge in [0.25, 0.3) is 11.7 Å². The van der Waals surface area contributed by atoms with E-state index in [0.29, 0.717) is 61.6 Å². The first-order valence-electron chi connectivity index (χ1n) is 10.8. The fourth-order valence-electron chi connectivity index (χ4n) is 4.32. The smallest absolute Gasteiger partial charge is 0.295 e. The van der Waals surface area contributed by atoms with Crippen molar-refractivity contribution in [2.45, 2.75) is 12.8 Å². The number of aromatic amines is 1. The van der Waals surface area contributed by atoms with E-state index in [0.717, 1.165) is 16.7 Å². The third-order valence-electron chi connectivity index (χ3n) is 6.00. The number of amides is 1. The van der Waals surface area contributed by atoms with Crippen LogP contribution in [-0.4, -0.2) is 58.7 Å². The Hall–Kier alpha value is -4.25. The zero-order valence-corrected chi connectivity index (χ0v) is 17.9. The maximum absolute atomic E-state index is 13.1. The molecule has 0 unspecified atom stereocenters. The highest BCUT2D eigenvalue weighted by molar-refractivity contribution is 6.44. The molecule has 3 aromatic rings. The van der Waals surface area contributed by atoms with Gasteiger partial charge in [-0.25, -0.2) is 4.99 Å². The highest BCUT2D eigenvalue weighted by atomic mass is 16.5. The third-order valence-corrected chi connectivity index (χ3v) is 6.00. The van der Waals surface area contributed by atoms with Crippen LogP contribution in [0, 0.1) is 11.3 Å². The summed E-state index contributed by atoms with van der Waals surface area (Å²) < 4.78 is 5.54. The molecule has 8 heteroatoms. The molecule has 0 bridgehead atoms. The van der Waals surface area contributed by atoms with Gasteiger partial charge in [-0.3, -0.25) is 14.6 Å². The van der Waals surface area contributed by atoms with Crippen LogP contribution in [0.15, 0.2) is 59.4 Å². The minimum Gasteiger partial charge on any atom is -0.475 e. The van der Waals surface area contributed by atoms with Gasteiger partial charge in [-0.15, -0.1) is 0 Å². The van der Waals surface area contributed by atoms with Gasteiger partial charge in [-0.2, -0.15) is 5.26 Å². The van der Waals surface area contributed by atoms with Crippen molar-refractivity contribution in [2.24, 2.45) is 4.99 Å². The van der Waals surface area contributed by atoms with Crippen molar-refractivity contribution in [3.63, 3.8) is 0 Å². The SMILES string of the molecule is N#CC(=C1CCN(C(=O)C(=O)c2c[nH]c3c(C4=NCCO4)ccnc23)CC1)c1ccccc1. The summed E-state index contributed by atoms with van der Waals surface area (Å²) in [5.74, 6) is -0.650. The number of nitriles is 1. The maximum Gasteiger partial charge on any atom is 0.295 e. The van der Waals surface area contributed by atoms with Gasteiger partial charge in [-0.05, 0) is 30.0 Å². The minimum atomic E-state index is -0.601. The molecular weight excluding hydrogens is 418 g/mol. The number of hydrogen-bond donors (Lipinski definition) is 1. The Kier molecular flexibility index (Phi) is 5.45. The summed E-state index contributed by atoms with van der Waals surface area (Å²) in [6.45, 7) is 1.90. The van der Waals surface area contributed by atoms with Gasteiger partial charge in [0, 0.05) is 25.5 Å². The van der Waals surface area contributed by atoms with Crippen LogP contribution in [0.2, 0.25) is 0 Å². The van der Waals surface area contributed by atoms with E-state index in [-0.39, 0.29) is 5.56 Å². The number of carbonyl (C=O) groups is 2. The lowest BCUT2D eigenvalue weighted by atomic mass is 9.93. The zero-order valence-electron chi connectivity index (χ0n) is 17.9. The summed E-state index contributed by atoms with van der Waals surface area (Å²) >= 11 is 0. The van der Waals surface area contributed by atoms with Crippen LogP contribution < -0.4 is 0 Å². The van der Waals surface area contributed by atoms with Crippen LogP contribution in [0.4, 0.5) is 0 Å². The zero-order chi connectivity index (χ0) is 22.8. The summed E-state index contributed by atoms with van der Waals surface area (Å²) in [4.78, 5) is 39.3. The van der Waals surface area contributed by atoms with Gasteiger partial charge in [0.15, 0.2) is 0 Å². The lowest BCUT2D eigenvalue weighted by Gasteiger charge is -2.28. The van der Waals surface area contributed by atoms with Gasteiger partial charge >= 0.3 is 0 Å².